The smallest absolute Gasteiger partial charge is 0.152 e. The molecule has 0 aromatic heterocycles. The Bertz CT molecular complexity index is 294. The molecule has 0 radical (unpaired) electrons. The van der Waals surface area contributed by atoms with Gasteiger partial charge in [-0.2, -0.15) is 0 Å². The van der Waals surface area contributed by atoms with Crippen LogP contribution < -0.4 is 0 Å². The van der Waals surface area contributed by atoms with Gasteiger partial charge in [0.1, 0.15) is 12.1 Å². The Morgan fingerprint density at radius 1 is 1.18 bits per heavy atom. The number of rotatable bonds is 2. The summed E-state index contributed by atoms with van der Waals surface area (Å²) in [4.78, 5) is 20.2. The second-order valence-electron chi connectivity index (χ2n) is 2.02. The Morgan fingerprint density at radius 2 is 1.91 bits per heavy atom. The molecule has 11 heavy (non-hydrogen) atoms. The molecule has 0 N–H and O–H groups in total. The van der Waals surface area contributed by atoms with Gasteiger partial charge in [-0.25, -0.2) is 4.39 Å². The van der Waals surface area contributed by atoms with Crippen LogP contribution in [0.2, 0.25) is 0 Å². The molecule has 1 rings (SSSR count). The standard InChI is InChI=1S/C8H5FO2/c9-8-3-6(4-10)1-2-7(8)5-11/h1-5H/i9-1. The minimum atomic E-state index is -0.662. The lowest BCUT2D eigenvalue weighted by Gasteiger charge is -1.93. The first-order chi connectivity index (χ1) is 5.27. The van der Waals surface area contributed by atoms with E-state index in [9.17, 15) is 14.0 Å². The number of aldehydes is 2. The Hall–Kier alpha value is -1.51. The minimum Gasteiger partial charge on any atom is -0.298 e. The molecule has 0 aliphatic carbocycles. The van der Waals surface area contributed by atoms with Crippen LogP contribution in [-0.2, 0) is 0 Å². The van der Waals surface area contributed by atoms with Crippen LogP contribution in [0.5, 0.6) is 0 Å². The second kappa shape index (κ2) is 3.05. The lowest BCUT2D eigenvalue weighted by Crippen LogP contribution is -1.89. The quantitative estimate of drug-likeness (QED) is 0.599. The first-order valence-corrected chi connectivity index (χ1v) is 2.98. The van der Waals surface area contributed by atoms with Crippen LogP contribution in [0.15, 0.2) is 18.2 Å². The van der Waals surface area contributed by atoms with Crippen molar-refractivity contribution in [3.05, 3.63) is 35.1 Å². The van der Waals surface area contributed by atoms with Gasteiger partial charge < -0.3 is 0 Å². The molecule has 0 atom stereocenters. The van der Waals surface area contributed by atoms with Crippen LogP contribution in [-0.4, -0.2) is 12.6 Å². The molecular weight excluding hydrogens is 146 g/mol. The highest BCUT2D eigenvalue weighted by molar-refractivity contribution is 5.79. The van der Waals surface area contributed by atoms with Crippen molar-refractivity contribution in [3.63, 3.8) is 0 Å². The average molecular weight is 151 g/mol. The summed E-state index contributed by atoms with van der Waals surface area (Å²) in [6.45, 7) is 0. The van der Waals surface area contributed by atoms with E-state index in [1.165, 1.54) is 12.1 Å². The van der Waals surface area contributed by atoms with Crippen LogP contribution in [0.25, 0.3) is 0 Å². The molecular formula is C8H5FO2. The summed E-state index contributed by atoms with van der Waals surface area (Å²) in [6, 6.07) is 3.68. The zero-order valence-electron chi connectivity index (χ0n) is 5.58. The summed E-state index contributed by atoms with van der Waals surface area (Å²) in [5, 5.41) is 0. The molecule has 0 amide bonds. The third kappa shape index (κ3) is 1.49. The van der Waals surface area contributed by atoms with E-state index in [-0.39, 0.29) is 11.1 Å². The van der Waals surface area contributed by atoms with Gasteiger partial charge >= 0.3 is 0 Å². The van der Waals surface area contributed by atoms with Crippen molar-refractivity contribution in [3.8, 4) is 0 Å². The molecule has 0 spiro atoms. The predicted molar refractivity (Wildman–Crippen MR) is 37.2 cm³/mol. The fourth-order valence-electron chi connectivity index (χ4n) is 0.712. The monoisotopic (exact) mass is 151 g/mol. The summed E-state index contributed by atoms with van der Waals surface area (Å²) in [6.07, 6.45) is 0.932. The van der Waals surface area contributed by atoms with Crippen LogP contribution in [0.4, 0.5) is 4.39 Å². The summed E-state index contributed by atoms with van der Waals surface area (Å²) >= 11 is 0. The van der Waals surface area contributed by atoms with E-state index in [0.29, 0.717) is 12.6 Å². The molecule has 0 saturated carbocycles. The van der Waals surface area contributed by atoms with Crippen molar-refractivity contribution in [2.24, 2.45) is 0 Å². The highest BCUT2D eigenvalue weighted by Gasteiger charge is 2.00. The Labute approximate surface area is 62.6 Å². The second-order valence-corrected chi connectivity index (χ2v) is 2.02. The van der Waals surface area contributed by atoms with E-state index < -0.39 is 5.82 Å². The average Bonchev–Trinajstić information content (AvgIpc) is 2.04. The Morgan fingerprint density at radius 3 is 2.36 bits per heavy atom. The number of carbonyl (C=O) groups excluding carboxylic acids is 2. The number of hydrogen-bond donors (Lipinski definition) is 0. The van der Waals surface area contributed by atoms with E-state index in [4.69, 9.17) is 0 Å². The molecule has 3 heteroatoms. The molecule has 1 aromatic carbocycles. The highest BCUT2D eigenvalue weighted by atomic mass is 18.2. The fraction of sp³-hybridized carbons (Fsp3) is 0. The van der Waals surface area contributed by atoms with Crippen molar-refractivity contribution in [2.75, 3.05) is 0 Å². The topological polar surface area (TPSA) is 34.1 Å². The Kier molecular flexibility index (Phi) is 2.11. The van der Waals surface area contributed by atoms with Crippen LogP contribution >= 0.6 is 0 Å². The third-order valence-corrected chi connectivity index (χ3v) is 1.29. The van der Waals surface area contributed by atoms with Crippen LogP contribution in [0.3, 0.4) is 0 Å². The number of hydrogen-bond acceptors (Lipinski definition) is 2. The van der Waals surface area contributed by atoms with Gasteiger partial charge in [-0.3, -0.25) is 9.59 Å². The molecule has 0 unspecified atom stereocenters. The summed E-state index contributed by atoms with van der Waals surface area (Å²) < 4.78 is 12.6. The number of halogens is 1. The molecule has 0 aliphatic rings. The highest BCUT2D eigenvalue weighted by Crippen LogP contribution is 2.06. The Balaban J connectivity index is 3.18. The number of carbonyl (C=O) groups is 2. The van der Waals surface area contributed by atoms with Crippen molar-refractivity contribution < 1.29 is 14.0 Å². The zero-order valence-corrected chi connectivity index (χ0v) is 5.58. The fourth-order valence-corrected chi connectivity index (χ4v) is 0.712. The molecule has 0 aliphatic heterocycles. The van der Waals surface area contributed by atoms with Crippen LogP contribution in [0, 0.1) is 5.82 Å². The predicted octanol–water partition coefficient (Wildman–Crippen LogP) is 1.45. The molecule has 2 nitrogen and oxygen atoms in total. The van der Waals surface area contributed by atoms with Gasteiger partial charge in [0.25, 0.3) is 0 Å². The van der Waals surface area contributed by atoms with E-state index in [0.717, 1.165) is 6.07 Å². The van der Waals surface area contributed by atoms with E-state index in [1.807, 2.05) is 0 Å². The van der Waals surface area contributed by atoms with Crippen molar-refractivity contribution in [1.29, 1.82) is 0 Å². The van der Waals surface area contributed by atoms with Gasteiger partial charge in [0.2, 0.25) is 0 Å². The van der Waals surface area contributed by atoms with E-state index in [1.54, 1.807) is 0 Å². The van der Waals surface area contributed by atoms with E-state index in [2.05, 4.69) is 0 Å². The lowest BCUT2D eigenvalue weighted by molar-refractivity contribution is 0.110. The third-order valence-electron chi connectivity index (χ3n) is 1.29. The number of benzene rings is 1. The van der Waals surface area contributed by atoms with Gasteiger partial charge in [-0.05, 0) is 12.1 Å². The normalized spacial score (nSPS) is 9.18. The van der Waals surface area contributed by atoms with E-state index >= 15 is 0 Å². The van der Waals surface area contributed by atoms with Gasteiger partial charge in [-0.15, -0.1) is 0 Å². The van der Waals surface area contributed by atoms with Crippen molar-refractivity contribution in [2.45, 2.75) is 0 Å². The zero-order chi connectivity index (χ0) is 8.27. The van der Waals surface area contributed by atoms with Gasteiger partial charge in [0.15, 0.2) is 6.29 Å². The maximum Gasteiger partial charge on any atom is 0.152 e. The first kappa shape index (κ1) is 7.60. The molecule has 0 bridgehead atoms. The van der Waals surface area contributed by atoms with Gasteiger partial charge in [0, 0.05) is 5.56 Å². The van der Waals surface area contributed by atoms with Gasteiger partial charge in [-0.1, -0.05) is 6.07 Å². The van der Waals surface area contributed by atoms with Crippen molar-refractivity contribution in [1.82, 2.24) is 0 Å². The molecule has 0 heterocycles. The first-order valence-electron chi connectivity index (χ1n) is 2.98. The minimum absolute atomic E-state index is 0.0319. The summed E-state index contributed by atoms with van der Waals surface area (Å²) in [5.41, 5.74) is 0.198. The summed E-state index contributed by atoms with van der Waals surface area (Å²) in [5.74, 6) is -0.662. The lowest BCUT2D eigenvalue weighted by atomic mass is 10.1. The van der Waals surface area contributed by atoms with Crippen molar-refractivity contribution >= 4 is 12.6 Å². The molecule has 0 saturated heterocycles. The largest absolute Gasteiger partial charge is 0.298 e. The molecule has 0 fully saturated rings. The maximum absolute atomic E-state index is 12.6. The maximum atomic E-state index is 12.6. The molecule has 56 valence electrons. The summed E-state index contributed by atoms with van der Waals surface area (Å²) in [7, 11) is 0. The van der Waals surface area contributed by atoms with Crippen LogP contribution in [0.1, 0.15) is 20.7 Å². The van der Waals surface area contributed by atoms with Gasteiger partial charge in [0.05, 0.1) is 5.56 Å². The molecule has 1 aromatic rings. The SMILES string of the molecule is O=Cc1ccc(C=O)c([18F])c1.